The molecule has 3 fully saturated rings. The molecule has 5 aromatic carbocycles. The Hall–Kier alpha value is -5.79. The molecule has 5 heterocycles. The molecule has 0 unspecified atom stereocenters. The number of amides is 3. The monoisotopic (exact) mass is 889 g/mol. The van der Waals surface area contributed by atoms with Crippen LogP contribution in [-0.4, -0.2) is 87.0 Å². The van der Waals surface area contributed by atoms with Gasteiger partial charge >= 0.3 is 0 Å². The summed E-state index contributed by atoms with van der Waals surface area (Å²) in [6.45, 7) is 9.42. The topological polar surface area (TPSA) is 115 Å². The van der Waals surface area contributed by atoms with Crippen molar-refractivity contribution in [2.75, 3.05) is 48.2 Å². The summed E-state index contributed by atoms with van der Waals surface area (Å²) in [6.07, 6.45) is 1.58. The van der Waals surface area contributed by atoms with Gasteiger partial charge in [-0.2, -0.15) is 0 Å². The van der Waals surface area contributed by atoms with E-state index in [1.54, 1.807) is 7.11 Å². The van der Waals surface area contributed by atoms with Gasteiger partial charge in [0, 0.05) is 29.4 Å². The van der Waals surface area contributed by atoms with Crippen LogP contribution in [0, 0.1) is 5.92 Å². The number of carbonyl (C=O) groups is 3. The lowest BCUT2D eigenvalue weighted by Crippen LogP contribution is -2.55. The van der Waals surface area contributed by atoms with Crippen LogP contribution in [-0.2, 0) is 44.2 Å². The number of piperidine rings is 1. The van der Waals surface area contributed by atoms with Crippen LogP contribution in [0.2, 0.25) is 18.6 Å². The normalized spacial score (nSPS) is 24.8. The molecule has 65 heavy (non-hydrogen) atoms. The Morgan fingerprint density at radius 2 is 1.51 bits per heavy atom. The third kappa shape index (κ3) is 7.08. The van der Waals surface area contributed by atoms with Crippen molar-refractivity contribution < 1.29 is 29.0 Å². The Labute approximate surface area is 383 Å². The highest BCUT2D eigenvalue weighted by Crippen LogP contribution is 2.60. The molecular weight excluding hydrogens is 831 g/mol. The summed E-state index contributed by atoms with van der Waals surface area (Å²) < 4.78 is 12.9. The van der Waals surface area contributed by atoms with E-state index in [1.807, 2.05) is 106 Å². The first-order valence-electron chi connectivity index (χ1n) is 23.2. The first-order chi connectivity index (χ1) is 31.5. The summed E-state index contributed by atoms with van der Waals surface area (Å²) in [5.41, 5.74) is 4.61. The SMILES string of the molecule is COc1ccc([Si](C)(C)[C@@H]2[C@@H](CC(=O)N3Cc4ccccc4C[C@H]3CO)O[C@]3(C(=O)N(Cc4ccc(N5CN(c6ccccc6)C6(CCNCC6)C5=O)cc4)c4ccccc43)[C@H]2C)cc1. The van der Waals surface area contributed by atoms with E-state index in [4.69, 9.17) is 9.47 Å². The molecule has 3 saturated heterocycles. The predicted octanol–water partition coefficient (Wildman–Crippen LogP) is 6.73. The molecule has 3 amide bonds. The second-order valence-corrected chi connectivity index (χ2v) is 23.9. The number of methoxy groups -OCH3 is 1. The molecule has 12 heteroatoms. The van der Waals surface area contributed by atoms with Crippen LogP contribution in [0.1, 0.15) is 48.4 Å². The summed E-state index contributed by atoms with van der Waals surface area (Å²) in [6, 6.07) is 42.3. The van der Waals surface area contributed by atoms with E-state index in [0.717, 1.165) is 71.0 Å². The predicted molar refractivity (Wildman–Crippen MR) is 256 cm³/mol. The third-order valence-electron chi connectivity index (χ3n) is 15.5. The summed E-state index contributed by atoms with van der Waals surface area (Å²) >= 11 is 0. The number of aliphatic hydroxyl groups is 1. The molecule has 0 radical (unpaired) electrons. The van der Waals surface area contributed by atoms with Crippen LogP contribution in [0.25, 0.3) is 0 Å². The van der Waals surface area contributed by atoms with Crippen molar-refractivity contribution in [3.63, 3.8) is 0 Å². The molecule has 2 N–H and O–H groups in total. The Kier molecular flexibility index (Phi) is 11.2. The molecule has 5 aliphatic heterocycles. The van der Waals surface area contributed by atoms with Crippen molar-refractivity contribution in [3.8, 4) is 5.75 Å². The summed E-state index contributed by atoms with van der Waals surface area (Å²) in [5, 5.41) is 15.2. The van der Waals surface area contributed by atoms with Crippen LogP contribution in [0.4, 0.5) is 17.1 Å². The van der Waals surface area contributed by atoms with Crippen LogP contribution in [0.3, 0.4) is 0 Å². The number of rotatable bonds is 10. The molecule has 5 atom stereocenters. The molecular formula is C53H59N5O6Si. The number of carbonyl (C=O) groups excluding carboxylic acids is 3. The second kappa shape index (κ2) is 16.9. The van der Waals surface area contributed by atoms with E-state index in [9.17, 15) is 14.7 Å². The standard InChI is InChI=1S/C53H59N5O6Si/c1-36-49(65(3,4)44-24-22-43(63-2)23-25-44)47(31-48(60)55-33-39-13-9-8-12-38(39)30-42(55)34-59)64-53(36)45-16-10-11-17-46(45)56(51(53)62)32-37-18-20-40(21-19-37)57-35-58(41-14-6-5-7-15-41)52(50(57)61)26-28-54-29-27-52/h5-25,36,42,47,49,54,59H,26-35H2,1-4H3/t36-,42-,47+,49-,53+/m0/s1. The Balaban J connectivity index is 0.957. The molecule has 0 aromatic heterocycles. The van der Waals surface area contributed by atoms with Crippen LogP contribution in [0.15, 0.2) is 127 Å². The fraction of sp³-hybridized carbons (Fsp3) is 0.377. The maximum Gasteiger partial charge on any atom is 0.264 e. The molecule has 0 saturated carbocycles. The van der Waals surface area contributed by atoms with E-state index in [-0.39, 0.29) is 48.3 Å². The van der Waals surface area contributed by atoms with Crippen LogP contribution < -0.4 is 29.9 Å². The smallest absolute Gasteiger partial charge is 0.264 e. The molecule has 0 aliphatic carbocycles. The minimum Gasteiger partial charge on any atom is -0.497 e. The van der Waals surface area contributed by atoms with E-state index in [2.05, 4.69) is 66.6 Å². The van der Waals surface area contributed by atoms with Crippen molar-refractivity contribution >= 4 is 48.0 Å². The molecule has 5 aliphatic rings. The van der Waals surface area contributed by atoms with Gasteiger partial charge in [-0.1, -0.05) is 110 Å². The quantitative estimate of drug-likeness (QED) is 0.149. The lowest BCUT2D eigenvalue weighted by atomic mass is 9.82. The molecule has 11 nitrogen and oxygen atoms in total. The van der Waals surface area contributed by atoms with Gasteiger partial charge in [-0.15, -0.1) is 0 Å². The number of hydrogen-bond acceptors (Lipinski definition) is 8. The van der Waals surface area contributed by atoms with Crippen LogP contribution in [0.5, 0.6) is 5.75 Å². The number of nitrogens with zero attached hydrogens (tertiary/aromatic N) is 4. The fourth-order valence-corrected chi connectivity index (χ4v) is 16.1. The van der Waals surface area contributed by atoms with Gasteiger partial charge in [0.2, 0.25) is 5.91 Å². The highest BCUT2D eigenvalue weighted by molar-refractivity contribution is 6.91. The number of ether oxygens (including phenoxy) is 2. The van der Waals surface area contributed by atoms with Gasteiger partial charge in [0.25, 0.3) is 11.8 Å². The largest absolute Gasteiger partial charge is 0.497 e. The van der Waals surface area contributed by atoms with E-state index in [0.29, 0.717) is 26.2 Å². The highest BCUT2D eigenvalue weighted by atomic mass is 28.3. The average Bonchev–Trinajstić information content (AvgIpc) is 3.89. The fourth-order valence-electron chi connectivity index (χ4n) is 12.1. The number of anilines is 3. The number of nitrogens with one attached hydrogen (secondary N) is 1. The van der Waals surface area contributed by atoms with Gasteiger partial charge in [0.15, 0.2) is 5.60 Å². The van der Waals surface area contributed by atoms with Gasteiger partial charge in [-0.05, 0) is 97.0 Å². The maximum atomic E-state index is 15.5. The summed E-state index contributed by atoms with van der Waals surface area (Å²) in [5.74, 6) is 0.401. The minimum atomic E-state index is -2.53. The maximum absolute atomic E-state index is 15.5. The van der Waals surface area contributed by atoms with Gasteiger partial charge < -0.3 is 34.6 Å². The summed E-state index contributed by atoms with van der Waals surface area (Å²) in [4.78, 5) is 52.5. The zero-order valence-corrected chi connectivity index (χ0v) is 38.8. The first-order valence-corrected chi connectivity index (χ1v) is 26.2. The van der Waals surface area contributed by atoms with Crippen molar-refractivity contribution in [1.29, 1.82) is 0 Å². The number of para-hydroxylation sites is 2. The minimum absolute atomic E-state index is 0.0811. The Morgan fingerprint density at radius 1 is 0.831 bits per heavy atom. The average molecular weight is 890 g/mol. The Bertz CT molecular complexity index is 2580. The first kappa shape index (κ1) is 43.1. The van der Waals surface area contributed by atoms with Gasteiger partial charge in [0.05, 0.1) is 59.3 Å². The lowest BCUT2D eigenvalue weighted by Gasteiger charge is -2.39. The summed E-state index contributed by atoms with van der Waals surface area (Å²) in [7, 11) is -0.863. The third-order valence-corrected chi connectivity index (χ3v) is 19.9. The van der Waals surface area contributed by atoms with Crippen LogP contribution >= 0.6 is 0 Å². The second-order valence-electron chi connectivity index (χ2n) is 19.2. The highest BCUT2D eigenvalue weighted by Gasteiger charge is 2.66. The molecule has 2 spiro atoms. The van der Waals surface area contributed by atoms with Crippen molar-refractivity contribution in [2.45, 2.75) is 87.6 Å². The molecule has 5 aromatic rings. The zero-order chi connectivity index (χ0) is 45.1. The molecule has 0 bridgehead atoms. The number of hydrogen-bond donors (Lipinski definition) is 2. The van der Waals surface area contributed by atoms with Gasteiger partial charge in [-0.3, -0.25) is 19.3 Å². The van der Waals surface area contributed by atoms with Crippen molar-refractivity contribution in [2.24, 2.45) is 5.92 Å². The van der Waals surface area contributed by atoms with E-state index < -0.39 is 25.3 Å². The van der Waals surface area contributed by atoms with Gasteiger partial charge in [0.1, 0.15) is 11.3 Å². The Morgan fingerprint density at radius 3 is 2.22 bits per heavy atom. The lowest BCUT2D eigenvalue weighted by molar-refractivity contribution is -0.151. The number of benzene rings is 5. The molecule has 336 valence electrons. The number of fused-ring (bicyclic) bond motifs is 3. The van der Waals surface area contributed by atoms with E-state index in [1.165, 1.54) is 5.19 Å². The number of aliphatic hydroxyl groups excluding tert-OH is 1. The van der Waals surface area contributed by atoms with Gasteiger partial charge in [-0.25, -0.2) is 0 Å². The van der Waals surface area contributed by atoms with Crippen molar-refractivity contribution in [3.05, 3.63) is 150 Å². The van der Waals surface area contributed by atoms with E-state index >= 15 is 4.79 Å². The van der Waals surface area contributed by atoms with Crippen molar-refractivity contribution in [1.82, 2.24) is 10.2 Å². The molecule has 10 rings (SSSR count). The zero-order valence-electron chi connectivity index (χ0n) is 37.8.